The molecule has 0 aromatic carbocycles. The van der Waals surface area contributed by atoms with Gasteiger partial charge in [-0.2, -0.15) is 0 Å². The molecule has 0 N–H and O–H groups in total. The van der Waals surface area contributed by atoms with Gasteiger partial charge in [0.15, 0.2) is 0 Å². The number of nitrogens with zero attached hydrogens (tertiary/aromatic N) is 1. The molecule has 0 bridgehead atoms. The number of hydrogen-bond acceptors (Lipinski definition) is 1. The van der Waals surface area contributed by atoms with Crippen molar-refractivity contribution in [1.82, 2.24) is 3.11 Å². The summed E-state index contributed by atoms with van der Waals surface area (Å²) in [5, 5.41) is 0. The Morgan fingerprint density at radius 1 is 1.55 bits per heavy atom. The van der Waals surface area contributed by atoms with E-state index in [1.165, 1.54) is 25.9 Å². The van der Waals surface area contributed by atoms with E-state index >= 15 is 0 Å². The van der Waals surface area contributed by atoms with Gasteiger partial charge < -0.3 is 0 Å². The molecule has 1 unspecified atom stereocenters. The molecule has 1 aliphatic heterocycles. The topological polar surface area (TPSA) is 3.24 Å². The van der Waals surface area contributed by atoms with Gasteiger partial charge in [0.2, 0.25) is 0 Å². The van der Waals surface area contributed by atoms with Crippen molar-refractivity contribution in [1.29, 1.82) is 0 Å². The quantitative estimate of drug-likeness (QED) is 0.303. The van der Waals surface area contributed by atoms with Gasteiger partial charge in [0.1, 0.15) is 0 Å². The van der Waals surface area contributed by atoms with Gasteiger partial charge in [-0.05, 0) is 0 Å². The van der Waals surface area contributed by atoms with Crippen molar-refractivity contribution in [2.45, 2.75) is 12.8 Å². The second-order valence-electron chi connectivity index (χ2n) is 3.09. The zero-order chi connectivity index (χ0) is 8.27. The Morgan fingerprint density at radius 3 is 2.82 bits per heavy atom. The monoisotopic (exact) mass is 265 g/mol. The molecule has 1 heterocycles. The molecular weight excluding hydrogens is 249 g/mol. The van der Waals surface area contributed by atoms with E-state index in [9.17, 15) is 0 Å². The van der Waals surface area contributed by atoms with E-state index in [2.05, 4.69) is 18.9 Å². The van der Waals surface area contributed by atoms with E-state index in [1.54, 1.807) is 0 Å². The second kappa shape index (κ2) is 4.32. The van der Waals surface area contributed by atoms with Crippen LogP contribution in [0.1, 0.15) is 12.8 Å². The summed E-state index contributed by atoms with van der Waals surface area (Å²) in [6.45, 7) is 2.48. The Labute approximate surface area is 77.3 Å². The molecule has 2 heteroatoms. The number of hydrogen-bond donors (Lipinski definition) is 0. The van der Waals surface area contributed by atoms with Gasteiger partial charge in [-0.15, -0.1) is 0 Å². The minimum atomic E-state index is -0.723. The molecule has 0 aromatic rings. The fourth-order valence-electron chi connectivity index (χ4n) is 1.37. The number of piperidine rings is 1. The summed E-state index contributed by atoms with van der Waals surface area (Å²) in [5.74, 6) is 3.42. The Balaban J connectivity index is 2.41. The van der Waals surface area contributed by atoms with Crippen LogP contribution in [0.25, 0.3) is 0 Å². The molecular formula is C9H16IN. The first-order valence-electron chi connectivity index (χ1n) is 3.95. The van der Waals surface area contributed by atoms with E-state index in [1.807, 2.05) is 0 Å². The first-order valence-corrected chi connectivity index (χ1v) is 9.23. The van der Waals surface area contributed by atoms with E-state index in [-0.39, 0.29) is 0 Å². The van der Waals surface area contributed by atoms with Crippen molar-refractivity contribution in [3.8, 4) is 12.3 Å². The summed E-state index contributed by atoms with van der Waals surface area (Å²) in [4.78, 5) is 4.78. The van der Waals surface area contributed by atoms with Crippen molar-refractivity contribution >= 4 is 20.1 Å². The third-order valence-corrected chi connectivity index (χ3v) is 5.69. The average molecular weight is 265 g/mol. The van der Waals surface area contributed by atoms with Gasteiger partial charge in [-0.3, -0.25) is 0 Å². The van der Waals surface area contributed by atoms with Crippen LogP contribution in [0.15, 0.2) is 0 Å². The van der Waals surface area contributed by atoms with Crippen LogP contribution in [0.2, 0.25) is 0 Å². The molecule has 11 heavy (non-hydrogen) atoms. The molecule has 1 saturated heterocycles. The predicted molar refractivity (Wildman–Crippen MR) is 59.0 cm³/mol. The Morgan fingerprint density at radius 2 is 2.27 bits per heavy atom. The van der Waals surface area contributed by atoms with Gasteiger partial charge >= 0.3 is 77.3 Å². The Hall–Kier alpha value is 0.250. The zero-order valence-corrected chi connectivity index (χ0v) is 9.47. The first-order chi connectivity index (χ1) is 5.24. The second-order valence-corrected chi connectivity index (χ2v) is 8.54. The van der Waals surface area contributed by atoms with Crippen LogP contribution in [0, 0.1) is 18.3 Å². The summed E-state index contributed by atoms with van der Waals surface area (Å²) in [6.07, 6.45) is 7.96. The van der Waals surface area contributed by atoms with Crippen molar-refractivity contribution in [2.24, 2.45) is 5.92 Å². The van der Waals surface area contributed by atoms with Gasteiger partial charge in [0.25, 0.3) is 0 Å². The van der Waals surface area contributed by atoms with Crippen LogP contribution >= 0.6 is 20.1 Å². The molecule has 0 aliphatic carbocycles. The minimum absolute atomic E-state index is 0.545. The summed E-state index contributed by atoms with van der Waals surface area (Å²) in [7, 11) is 0. The average Bonchev–Trinajstić information content (AvgIpc) is 2.05. The van der Waals surface area contributed by atoms with Crippen molar-refractivity contribution < 1.29 is 0 Å². The van der Waals surface area contributed by atoms with Crippen LogP contribution in [-0.4, -0.2) is 26.1 Å². The molecule has 0 saturated carbocycles. The molecule has 0 aromatic heterocycles. The third kappa shape index (κ3) is 2.64. The standard InChI is InChI=1S/C9H16IN/c1-4-9-6-5-7-11(8-9)10(2)3/h1,9H,5-8H2,2-3H3. The molecule has 1 atom stereocenters. The van der Waals surface area contributed by atoms with Crippen LogP contribution in [-0.2, 0) is 0 Å². The van der Waals surface area contributed by atoms with E-state index in [0.717, 1.165) is 0 Å². The number of alkyl halides is 2. The molecule has 1 fully saturated rings. The Kier molecular flexibility index (Phi) is 3.67. The van der Waals surface area contributed by atoms with E-state index in [4.69, 9.17) is 6.42 Å². The summed E-state index contributed by atoms with van der Waals surface area (Å²) >= 11 is -0.723. The molecule has 64 valence electrons. The normalized spacial score (nSPS) is 27.7. The molecule has 1 aliphatic rings. The van der Waals surface area contributed by atoms with Gasteiger partial charge in [0.05, 0.1) is 0 Å². The van der Waals surface area contributed by atoms with Gasteiger partial charge in [0, 0.05) is 0 Å². The van der Waals surface area contributed by atoms with Crippen LogP contribution in [0.3, 0.4) is 0 Å². The Bertz CT molecular complexity index is 159. The van der Waals surface area contributed by atoms with Gasteiger partial charge in [-0.1, -0.05) is 0 Å². The SMILES string of the molecule is C#CC1CCCN(I(C)C)C1. The third-order valence-electron chi connectivity index (χ3n) is 2.09. The van der Waals surface area contributed by atoms with Crippen molar-refractivity contribution in [3.63, 3.8) is 0 Å². The summed E-state index contributed by atoms with van der Waals surface area (Å²) < 4.78 is 2.62. The number of halogens is 1. The van der Waals surface area contributed by atoms with Crippen LogP contribution < -0.4 is 0 Å². The maximum absolute atomic E-state index is 5.41. The summed E-state index contributed by atoms with van der Waals surface area (Å²) in [6, 6.07) is 0. The molecule has 0 radical (unpaired) electrons. The van der Waals surface area contributed by atoms with E-state index in [0.29, 0.717) is 5.92 Å². The number of rotatable bonds is 1. The molecule has 1 rings (SSSR count). The van der Waals surface area contributed by atoms with Crippen LogP contribution in [0.4, 0.5) is 0 Å². The molecule has 0 amide bonds. The predicted octanol–water partition coefficient (Wildman–Crippen LogP) is 2.01. The molecule has 0 spiro atoms. The zero-order valence-electron chi connectivity index (χ0n) is 7.31. The maximum atomic E-state index is 5.41. The summed E-state index contributed by atoms with van der Waals surface area (Å²) in [5.41, 5.74) is 0. The fraction of sp³-hybridized carbons (Fsp3) is 0.778. The molecule has 1 nitrogen and oxygen atoms in total. The van der Waals surface area contributed by atoms with Crippen molar-refractivity contribution in [2.75, 3.05) is 23.0 Å². The number of terminal acetylenes is 1. The first kappa shape index (κ1) is 9.34. The van der Waals surface area contributed by atoms with Crippen molar-refractivity contribution in [3.05, 3.63) is 0 Å². The van der Waals surface area contributed by atoms with Gasteiger partial charge in [-0.25, -0.2) is 0 Å². The fourth-order valence-corrected chi connectivity index (χ4v) is 3.94. The van der Waals surface area contributed by atoms with E-state index < -0.39 is 20.1 Å². The van der Waals surface area contributed by atoms with Crippen LogP contribution in [0.5, 0.6) is 0 Å².